The van der Waals surface area contributed by atoms with Gasteiger partial charge in [0, 0.05) is 5.92 Å². The molecule has 1 aliphatic rings. The maximum Gasteiger partial charge on any atom is 0.317 e. The van der Waals surface area contributed by atoms with Crippen molar-refractivity contribution in [3.8, 4) is 5.75 Å². The first-order valence-electron chi connectivity index (χ1n) is 9.71. The number of ketones is 1. The Hall–Kier alpha value is -2.88. The monoisotopic (exact) mass is 378 g/mol. The van der Waals surface area contributed by atoms with Gasteiger partial charge in [-0.05, 0) is 60.2 Å². The molecule has 146 valence electrons. The molecular weight excluding hydrogens is 352 g/mol. The topological polar surface area (TPSA) is 52.6 Å². The summed E-state index contributed by atoms with van der Waals surface area (Å²) in [6.45, 7) is 4.12. The minimum Gasteiger partial charge on any atom is -0.497 e. The molecule has 0 saturated carbocycles. The minimum absolute atomic E-state index is 0.194. The third kappa shape index (κ3) is 4.16. The van der Waals surface area contributed by atoms with Crippen molar-refractivity contribution in [1.29, 1.82) is 0 Å². The summed E-state index contributed by atoms with van der Waals surface area (Å²) in [4.78, 5) is 25.5. The van der Waals surface area contributed by atoms with Gasteiger partial charge in [0.2, 0.25) is 0 Å². The zero-order valence-electron chi connectivity index (χ0n) is 16.6. The molecule has 0 radical (unpaired) electrons. The van der Waals surface area contributed by atoms with E-state index < -0.39 is 11.9 Å². The quantitative estimate of drug-likeness (QED) is 0.545. The fourth-order valence-corrected chi connectivity index (χ4v) is 3.70. The molecule has 2 atom stereocenters. The lowest BCUT2D eigenvalue weighted by Gasteiger charge is -2.29. The van der Waals surface area contributed by atoms with Gasteiger partial charge in [-0.15, -0.1) is 0 Å². The highest BCUT2D eigenvalue weighted by Crippen LogP contribution is 2.40. The van der Waals surface area contributed by atoms with Crippen LogP contribution < -0.4 is 4.74 Å². The number of hydrogen-bond acceptors (Lipinski definition) is 4. The predicted octanol–water partition coefficient (Wildman–Crippen LogP) is 4.58. The number of ether oxygens (including phenoxy) is 2. The molecule has 0 heterocycles. The van der Waals surface area contributed by atoms with E-state index in [0.29, 0.717) is 6.42 Å². The summed E-state index contributed by atoms with van der Waals surface area (Å²) in [6, 6.07) is 15.8. The number of benzene rings is 2. The van der Waals surface area contributed by atoms with Gasteiger partial charge in [0.1, 0.15) is 11.7 Å². The van der Waals surface area contributed by atoms with Crippen LogP contribution in [0.15, 0.2) is 54.6 Å². The molecule has 2 aromatic rings. The van der Waals surface area contributed by atoms with E-state index in [1.54, 1.807) is 20.1 Å². The van der Waals surface area contributed by atoms with Gasteiger partial charge in [0.05, 0.1) is 13.7 Å². The van der Waals surface area contributed by atoms with E-state index in [0.717, 1.165) is 28.9 Å². The number of methoxy groups -OCH3 is 1. The van der Waals surface area contributed by atoms with Crippen LogP contribution in [0.2, 0.25) is 0 Å². The summed E-state index contributed by atoms with van der Waals surface area (Å²) in [5.74, 6) is -0.904. The first kappa shape index (κ1) is 19.9. The van der Waals surface area contributed by atoms with Crippen molar-refractivity contribution in [2.24, 2.45) is 5.92 Å². The van der Waals surface area contributed by atoms with Gasteiger partial charge < -0.3 is 9.47 Å². The van der Waals surface area contributed by atoms with Crippen LogP contribution in [0.5, 0.6) is 5.75 Å². The average molecular weight is 378 g/mol. The molecule has 0 amide bonds. The fourth-order valence-electron chi connectivity index (χ4n) is 3.70. The summed E-state index contributed by atoms with van der Waals surface area (Å²) >= 11 is 0. The van der Waals surface area contributed by atoms with Crippen LogP contribution in [0, 0.1) is 5.92 Å². The highest BCUT2D eigenvalue weighted by Gasteiger charge is 2.39. The van der Waals surface area contributed by atoms with Crippen LogP contribution >= 0.6 is 0 Å². The molecule has 1 aliphatic carbocycles. The van der Waals surface area contributed by atoms with E-state index in [4.69, 9.17) is 9.47 Å². The molecule has 4 heteroatoms. The SMILES string of the molecule is CCOC(=O)[C@H]1C(=O)C=C(c2ccc(OC)cc2)C[C@H]1c1ccc(CC)cc1. The molecule has 2 aromatic carbocycles. The summed E-state index contributed by atoms with van der Waals surface area (Å²) in [7, 11) is 1.62. The lowest BCUT2D eigenvalue weighted by atomic mass is 9.73. The van der Waals surface area contributed by atoms with Crippen molar-refractivity contribution in [1.82, 2.24) is 0 Å². The number of aryl methyl sites for hydroxylation is 1. The molecule has 0 spiro atoms. The average Bonchev–Trinajstić information content (AvgIpc) is 2.73. The van der Waals surface area contributed by atoms with Gasteiger partial charge in [-0.1, -0.05) is 43.3 Å². The standard InChI is InChI=1S/C24H26O4/c1-4-16-6-8-18(9-7-16)21-14-19(17-10-12-20(27-3)13-11-17)15-22(25)23(21)24(26)28-5-2/h6-13,15,21,23H,4-5,14H2,1-3H3/t21-,23+/m0/s1. The number of rotatable bonds is 6. The van der Waals surface area contributed by atoms with Crippen LogP contribution in [0.25, 0.3) is 5.57 Å². The third-order valence-electron chi connectivity index (χ3n) is 5.28. The summed E-state index contributed by atoms with van der Waals surface area (Å²) in [5.41, 5.74) is 4.11. The molecule has 0 aliphatic heterocycles. The predicted molar refractivity (Wildman–Crippen MR) is 109 cm³/mol. The minimum atomic E-state index is -0.797. The van der Waals surface area contributed by atoms with E-state index in [1.807, 2.05) is 36.4 Å². The molecule has 3 rings (SSSR count). The number of allylic oxidation sites excluding steroid dienone is 2. The van der Waals surface area contributed by atoms with Crippen molar-refractivity contribution in [3.05, 3.63) is 71.3 Å². The van der Waals surface area contributed by atoms with Crippen molar-refractivity contribution < 1.29 is 19.1 Å². The molecular formula is C24H26O4. The zero-order valence-corrected chi connectivity index (χ0v) is 16.6. The van der Waals surface area contributed by atoms with E-state index >= 15 is 0 Å². The number of esters is 1. The smallest absolute Gasteiger partial charge is 0.317 e. The largest absolute Gasteiger partial charge is 0.497 e. The van der Waals surface area contributed by atoms with Crippen molar-refractivity contribution >= 4 is 17.3 Å². The van der Waals surface area contributed by atoms with Gasteiger partial charge in [-0.3, -0.25) is 9.59 Å². The Kier molecular flexibility index (Phi) is 6.30. The molecule has 28 heavy (non-hydrogen) atoms. The first-order chi connectivity index (χ1) is 13.6. The van der Waals surface area contributed by atoms with Crippen molar-refractivity contribution in [3.63, 3.8) is 0 Å². The Morgan fingerprint density at radius 2 is 1.71 bits per heavy atom. The van der Waals surface area contributed by atoms with Crippen LogP contribution in [0.3, 0.4) is 0 Å². The van der Waals surface area contributed by atoms with Crippen LogP contribution in [0.4, 0.5) is 0 Å². The summed E-state index contributed by atoms with van der Waals surface area (Å²) in [5, 5.41) is 0. The van der Waals surface area contributed by atoms with Crippen LogP contribution in [-0.4, -0.2) is 25.5 Å². The summed E-state index contributed by atoms with van der Waals surface area (Å²) in [6.07, 6.45) is 3.15. The van der Waals surface area contributed by atoms with E-state index in [1.165, 1.54) is 5.56 Å². The van der Waals surface area contributed by atoms with E-state index in [2.05, 4.69) is 19.1 Å². The Bertz CT molecular complexity index is 862. The van der Waals surface area contributed by atoms with Gasteiger partial charge in [0.25, 0.3) is 0 Å². The van der Waals surface area contributed by atoms with E-state index in [9.17, 15) is 9.59 Å². The molecule has 0 fully saturated rings. The lowest BCUT2D eigenvalue weighted by Crippen LogP contribution is -2.34. The maximum absolute atomic E-state index is 12.9. The second-order valence-corrected chi connectivity index (χ2v) is 6.94. The molecule has 0 saturated heterocycles. The van der Waals surface area contributed by atoms with Crippen LogP contribution in [0.1, 0.15) is 42.9 Å². The molecule has 0 bridgehead atoms. The van der Waals surface area contributed by atoms with Crippen LogP contribution in [-0.2, 0) is 20.7 Å². The Morgan fingerprint density at radius 3 is 2.29 bits per heavy atom. The van der Waals surface area contributed by atoms with Gasteiger partial charge in [0.15, 0.2) is 5.78 Å². The third-order valence-corrected chi connectivity index (χ3v) is 5.28. The fraction of sp³-hybridized carbons (Fsp3) is 0.333. The normalized spacial score (nSPS) is 19.1. The number of carbonyl (C=O) groups excluding carboxylic acids is 2. The van der Waals surface area contributed by atoms with Crippen molar-refractivity contribution in [2.45, 2.75) is 32.6 Å². The molecule has 0 N–H and O–H groups in total. The van der Waals surface area contributed by atoms with Crippen molar-refractivity contribution in [2.75, 3.05) is 13.7 Å². The Labute approximate surface area is 166 Å². The molecule has 0 aromatic heterocycles. The maximum atomic E-state index is 12.9. The number of carbonyl (C=O) groups is 2. The highest BCUT2D eigenvalue weighted by atomic mass is 16.5. The lowest BCUT2D eigenvalue weighted by molar-refractivity contribution is -0.151. The zero-order chi connectivity index (χ0) is 20.1. The first-order valence-corrected chi connectivity index (χ1v) is 9.71. The second kappa shape index (κ2) is 8.87. The Morgan fingerprint density at radius 1 is 1.04 bits per heavy atom. The van der Waals surface area contributed by atoms with Gasteiger partial charge >= 0.3 is 5.97 Å². The molecule has 0 unspecified atom stereocenters. The highest BCUT2D eigenvalue weighted by molar-refractivity contribution is 6.10. The number of hydrogen-bond donors (Lipinski definition) is 0. The van der Waals surface area contributed by atoms with Gasteiger partial charge in [-0.2, -0.15) is 0 Å². The van der Waals surface area contributed by atoms with Gasteiger partial charge in [-0.25, -0.2) is 0 Å². The van der Waals surface area contributed by atoms with E-state index in [-0.39, 0.29) is 18.3 Å². The second-order valence-electron chi connectivity index (χ2n) is 6.94. The molecule has 4 nitrogen and oxygen atoms in total. The Balaban J connectivity index is 1.98. The summed E-state index contributed by atoms with van der Waals surface area (Å²) < 4.78 is 10.4.